The molecule has 0 unspecified atom stereocenters. The number of carbonyl (C=O) groups excluding carboxylic acids is 1. The monoisotopic (exact) mass is 308 g/mol. The fourth-order valence-electron chi connectivity index (χ4n) is 3.19. The Balaban J connectivity index is 1.54. The van der Waals surface area contributed by atoms with Gasteiger partial charge in [-0.05, 0) is 42.2 Å². The van der Waals surface area contributed by atoms with Crippen molar-refractivity contribution in [2.75, 3.05) is 19.6 Å². The van der Waals surface area contributed by atoms with E-state index in [0.29, 0.717) is 19.6 Å². The third-order valence-corrected chi connectivity index (χ3v) is 5.45. The number of carboxylic acid groups (broad SMARTS) is 1. The minimum absolute atomic E-state index is 0.112. The molecule has 0 bridgehead atoms. The predicted octanol–water partition coefficient (Wildman–Crippen LogP) is 2.41. The van der Waals surface area contributed by atoms with Crippen LogP contribution in [0, 0.1) is 5.92 Å². The molecule has 114 valence electrons. The lowest BCUT2D eigenvalue weighted by Crippen LogP contribution is -2.48. The van der Waals surface area contributed by atoms with Crippen LogP contribution in [0.2, 0.25) is 0 Å². The molecule has 1 N–H and O–H groups in total. The summed E-state index contributed by atoms with van der Waals surface area (Å²) in [7, 11) is 0. The molecule has 1 aromatic rings. The van der Waals surface area contributed by atoms with Crippen molar-refractivity contribution in [3.8, 4) is 0 Å². The van der Waals surface area contributed by atoms with Crippen LogP contribution in [-0.4, -0.2) is 46.5 Å². The molecule has 1 fully saturated rings. The Morgan fingerprint density at radius 1 is 1.24 bits per heavy atom. The normalized spacial score (nSPS) is 19.4. The first kappa shape index (κ1) is 14.4. The van der Waals surface area contributed by atoms with E-state index in [-0.39, 0.29) is 18.4 Å². The number of aliphatic carboxylic acids is 1. The maximum Gasteiger partial charge on any atom is 0.320 e. The maximum atomic E-state index is 12.6. The van der Waals surface area contributed by atoms with Crippen molar-refractivity contribution in [3.63, 3.8) is 0 Å². The first-order chi connectivity index (χ1) is 10.1. The lowest BCUT2D eigenvalue weighted by molar-refractivity contribution is -0.138. The van der Waals surface area contributed by atoms with Crippen molar-refractivity contribution in [3.05, 3.63) is 21.9 Å². The van der Waals surface area contributed by atoms with Gasteiger partial charge in [0.2, 0.25) is 0 Å². The van der Waals surface area contributed by atoms with Gasteiger partial charge in [-0.15, -0.1) is 11.3 Å². The molecule has 3 rings (SSSR count). The first-order valence-electron chi connectivity index (χ1n) is 7.44. The smallest absolute Gasteiger partial charge is 0.320 e. The number of fused-ring (bicyclic) bond motifs is 1. The number of urea groups is 1. The summed E-state index contributed by atoms with van der Waals surface area (Å²) in [4.78, 5) is 28.5. The van der Waals surface area contributed by atoms with Crippen LogP contribution in [0.4, 0.5) is 4.79 Å². The van der Waals surface area contributed by atoms with E-state index in [1.165, 1.54) is 10.4 Å². The van der Waals surface area contributed by atoms with Gasteiger partial charge < -0.3 is 14.9 Å². The Bertz CT molecular complexity index is 535. The van der Waals surface area contributed by atoms with Gasteiger partial charge >= 0.3 is 12.0 Å². The predicted molar refractivity (Wildman–Crippen MR) is 80.4 cm³/mol. The van der Waals surface area contributed by atoms with Crippen molar-refractivity contribution in [1.29, 1.82) is 0 Å². The number of likely N-dealkylation sites (tertiary alicyclic amines) is 1. The van der Waals surface area contributed by atoms with E-state index >= 15 is 0 Å². The summed E-state index contributed by atoms with van der Waals surface area (Å²) < 4.78 is 0. The van der Waals surface area contributed by atoms with E-state index in [9.17, 15) is 9.59 Å². The molecule has 3 heterocycles. The molecule has 5 nitrogen and oxygen atoms in total. The molecule has 2 amide bonds. The number of nitrogens with zero attached hydrogens (tertiary/aromatic N) is 2. The summed E-state index contributed by atoms with van der Waals surface area (Å²) in [6.45, 7) is 2.88. The van der Waals surface area contributed by atoms with Gasteiger partial charge in [0, 0.05) is 37.5 Å². The second-order valence-corrected chi connectivity index (χ2v) is 6.85. The molecular formula is C15H20N2O3S. The largest absolute Gasteiger partial charge is 0.481 e. The third kappa shape index (κ3) is 3.20. The minimum Gasteiger partial charge on any atom is -0.481 e. The van der Waals surface area contributed by atoms with E-state index in [2.05, 4.69) is 11.4 Å². The molecule has 2 aliphatic heterocycles. The summed E-state index contributed by atoms with van der Waals surface area (Å²) in [5.41, 5.74) is 1.28. The van der Waals surface area contributed by atoms with Crippen LogP contribution < -0.4 is 0 Å². The zero-order valence-corrected chi connectivity index (χ0v) is 12.8. The van der Waals surface area contributed by atoms with Crippen molar-refractivity contribution in [2.45, 2.75) is 32.2 Å². The van der Waals surface area contributed by atoms with Crippen molar-refractivity contribution in [2.24, 2.45) is 5.92 Å². The molecule has 1 aromatic heterocycles. The molecule has 6 heteroatoms. The first-order valence-corrected chi connectivity index (χ1v) is 8.32. The number of hydrogen-bond donors (Lipinski definition) is 1. The van der Waals surface area contributed by atoms with E-state index in [1.54, 1.807) is 11.3 Å². The second-order valence-electron chi connectivity index (χ2n) is 5.85. The average molecular weight is 308 g/mol. The quantitative estimate of drug-likeness (QED) is 0.912. The van der Waals surface area contributed by atoms with Gasteiger partial charge in [-0.25, -0.2) is 4.79 Å². The molecule has 21 heavy (non-hydrogen) atoms. The summed E-state index contributed by atoms with van der Waals surface area (Å²) in [6.07, 6.45) is 2.78. The van der Waals surface area contributed by atoms with Crippen LogP contribution in [0.15, 0.2) is 11.4 Å². The Kier molecular flexibility index (Phi) is 4.14. The van der Waals surface area contributed by atoms with E-state index in [1.807, 2.05) is 9.80 Å². The molecule has 0 spiro atoms. The van der Waals surface area contributed by atoms with Crippen LogP contribution in [0.25, 0.3) is 0 Å². The van der Waals surface area contributed by atoms with Gasteiger partial charge in [-0.3, -0.25) is 4.79 Å². The van der Waals surface area contributed by atoms with Crippen LogP contribution in [0.1, 0.15) is 29.7 Å². The van der Waals surface area contributed by atoms with Gasteiger partial charge in [-0.1, -0.05) is 0 Å². The highest BCUT2D eigenvalue weighted by molar-refractivity contribution is 7.10. The Morgan fingerprint density at radius 2 is 2.00 bits per heavy atom. The zero-order valence-electron chi connectivity index (χ0n) is 12.0. The van der Waals surface area contributed by atoms with Crippen molar-refractivity contribution < 1.29 is 14.7 Å². The molecule has 0 saturated carbocycles. The summed E-state index contributed by atoms with van der Waals surface area (Å²) in [5.74, 6) is -0.517. The fraction of sp³-hybridized carbons (Fsp3) is 0.600. The molecule has 0 aliphatic carbocycles. The number of carboxylic acids is 1. The molecule has 0 atom stereocenters. The van der Waals surface area contributed by atoms with E-state index in [4.69, 9.17) is 5.11 Å². The van der Waals surface area contributed by atoms with Gasteiger partial charge in [0.25, 0.3) is 0 Å². The number of amides is 2. The second kappa shape index (κ2) is 6.05. The van der Waals surface area contributed by atoms with Crippen molar-refractivity contribution >= 4 is 23.3 Å². The fourth-order valence-corrected chi connectivity index (χ4v) is 4.08. The number of piperidine rings is 1. The van der Waals surface area contributed by atoms with Gasteiger partial charge in [0.05, 0.1) is 0 Å². The Morgan fingerprint density at radius 3 is 2.71 bits per heavy atom. The van der Waals surface area contributed by atoms with Crippen LogP contribution in [0.5, 0.6) is 0 Å². The van der Waals surface area contributed by atoms with Crippen LogP contribution in [-0.2, 0) is 17.8 Å². The summed E-state index contributed by atoms with van der Waals surface area (Å²) >= 11 is 1.77. The number of hydrogen-bond acceptors (Lipinski definition) is 3. The summed E-state index contributed by atoms with van der Waals surface area (Å²) in [5, 5.41) is 10.9. The number of thiophene rings is 1. The van der Waals surface area contributed by atoms with E-state index in [0.717, 1.165) is 25.8 Å². The van der Waals surface area contributed by atoms with Gasteiger partial charge in [0.1, 0.15) is 0 Å². The van der Waals surface area contributed by atoms with Gasteiger partial charge in [0.15, 0.2) is 0 Å². The lowest BCUT2D eigenvalue weighted by Gasteiger charge is -2.36. The highest BCUT2D eigenvalue weighted by Crippen LogP contribution is 2.26. The maximum absolute atomic E-state index is 12.6. The number of rotatable bonds is 2. The molecule has 0 radical (unpaired) electrons. The summed E-state index contributed by atoms with van der Waals surface area (Å²) in [6, 6.07) is 2.22. The van der Waals surface area contributed by atoms with Gasteiger partial charge in [-0.2, -0.15) is 0 Å². The lowest BCUT2D eigenvalue weighted by atomic mass is 9.94. The number of carbonyl (C=O) groups is 2. The van der Waals surface area contributed by atoms with Crippen LogP contribution in [0.3, 0.4) is 0 Å². The average Bonchev–Trinajstić information content (AvgIpc) is 2.94. The molecule has 1 saturated heterocycles. The molecule has 2 aliphatic rings. The van der Waals surface area contributed by atoms with Crippen LogP contribution >= 0.6 is 11.3 Å². The minimum atomic E-state index is -0.735. The third-order valence-electron chi connectivity index (χ3n) is 4.43. The molecule has 0 aromatic carbocycles. The standard InChI is InChI=1S/C15H20N2O3S/c18-14(19)9-11-1-5-16(6-2-11)15(20)17-7-3-13-12(10-17)4-8-21-13/h4,8,11H,1-3,5-7,9-10H2,(H,18,19). The molecular weight excluding hydrogens is 288 g/mol. The SMILES string of the molecule is O=C(O)CC1CCN(C(=O)N2CCc3sccc3C2)CC1. The van der Waals surface area contributed by atoms with E-state index < -0.39 is 5.97 Å². The Labute approximate surface area is 128 Å². The highest BCUT2D eigenvalue weighted by Gasteiger charge is 2.29. The topological polar surface area (TPSA) is 60.9 Å². The zero-order chi connectivity index (χ0) is 14.8. The Hall–Kier alpha value is -1.56. The highest BCUT2D eigenvalue weighted by atomic mass is 32.1. The van der Waals surface area contributed by atoms with Crippen molar-refractivity contribution in [1.82, 2.24) is 9.80 Å².